The second kappa shape index (κ2) is 9.27. The summed E-state index contributed by atoms with van der Waals surface area (Å²) in [5.41, 5.74) is 3.90. The van der Waals surface area contributed by atoms with Crippen LogP contribution in [0.2, 0.25) is 0 Å². The third-order valence-electron chi connectivity index (χ3n) is 1.25. The van der Waals surface area contributed by atoms with E-state index < -0.39 is 0 Å². The van der Waals surface area contributed by atoms with Crippen LogP contribution in [-0.4, -0.2) is 15.0 Å². The summed E-state index contributed by atoms with van der Waals surface area (Å²) >= 11 is 1.63. The van der Waals surface area contributed by atoms with Gasteiger partial charge in [-0.15, -0.1) is 11.3 Å². The minimum absolute atomic E-state index is 0.961. The molecular weight excluding hydrogens is 206 g/mol. The Hall–Kier alpha value is -1.29. The average Bonchev–Trinajstić information content (AvgIpc) is 2.74. The van der Waals surface area contributed by atoms with E-state index in [-0.39, 0.29) is 0 Å². The zero-order valence-corrected chi connectivity index (χ0v) is 10.5. The first-order valence-electron chi connectivity index (χ1n) is 4.86. The summed E-state index contributed by atoms with van der Waals surface area (Å²) in [4.78, 5) is 11.7. The maximum atomic E-state index is 3.94. The molecule has 0 fully saturated rings. The predicted octanol–water partition coefficient (Wildman–Crippen LogP) is 3.26. The van der Waals surface area contributed by atoms with Crippen LogP contribution in [-0.2, 0) is 0 Å². The van der Waals surface area contributed by atoms with E-state index in [0.717, 1.165) is 11.4 Å². The maximum absolute atomic E-state index is 3.94. The summed E-state index contributed by atoms with van der Waals surface area (Å²) in [6, 6.07) is 0. The molecule has 0 aromatic carbocycles. The first kappa shape index (κ1) is 13.7. The van der Waals surface area contributed by atoms with Gasteiger partial charge < -0.3 is 0 Å². The number of hydrogen-bond acceptors (Lipinski definition) is 4. The normalized spacial score (nSPS) is 8.00. The van der Waals surface area contributed by atoms with Crippen LogP contribution < -0.4 is 0 Å². The van der Waals surface area contributed by atoms with Crippen LogP contribution in [0.15, 0.2) is 29.5 Å². The molecule has 0 saturated carbocycles. The molecule has 0 atom stereocenters. The third kappa shape index (κ3) is 7.76. The van der Waals surface area contributed by atoms with E-state index in [9.17, 15) is 0 Å². The zero-order chi connectivity index (χ0) is 11.5. The largest absolute Gasteiger partial charge is 0.261 e. The smallest absolute Gasteiger partial charge is 0.0794 e. The van der Waals surface area contributed by atoms with Gasteiger partial charge in [-0.05, 0) is 13.8 Å². The van der Waals surface area contributed by atoms with E-state index >= 15 is 0 Å². The highest BCUT2D eigenvalue weighted by atomic mass is 32.1. The molecule has 0 saturated heterocycles. The molecule has 0 spiro atoms. The highest BCUT2D eigenvalue weighted by Crippen LogP contribution is 1.95. The number of aromatic nitrogens is 3. The summed E-state index contributed by atoms with van der Waals surface area (Å²) in [6.45, 7) is 7.89. The second-order valence-corrected chi connectivity index (χ2v) is 3.20. The summed E-state index contributed by atoms with van der Waals surface area (Å²) in [5.74, 6) is 0. The lowest BCUT2D eigenvalue weighted by atomic mass is 10.5. The fraction of sp³-hybridized carbons (Fsp3) is 0.364. The molecule has 0 aliphatic heterocycles. The number of nitrogens with zero attached hydrogens (tertiary/aromatic N) is 3. The molecule has 0 aliphatic rings. The Morgan fingerprint density at radius 1 is 1.00 bits per heavy atom. The highest BCUT2D eigenvalue weighted by Gasteiger charge is 1.76. The van der Waals surface area contributed by atoms with E-state index in [0.29, 0.717) is 0 Å². The van der Waals surface area contributed by atoms with E-state index in [1.54, 1.807) is 29.9 Å². The van der Waals surface area contributed by atoms with Crippen molar-refractivity contribution in [1.82, 2.24) is 15.0 Å². The van der Waals surface area contributed by atoms with Gasteiger partial charge in [0.15, 0.2) is 0 Å². The minimum Gasteiger partial charge on any atom is -0.261 e. The van der Waals surface area contributed by atoms with Gasteiger partial charge in [0.1, 0.15) is 0 Å². The van der Waals surface area contributed by atoms with Crippen LogP contribution in [0.4, 0.5) is 0 Å². The van der Waals surface area contributed by atoms with Crippen molar-refractivity contribution < 1.29 is 0 Å². The van der Waals surface area contributed by atoms with Crippen molar-refractivity contribution in [1.29, 1.82) is 0 Å². The minimum atomic E-state index is 0.961. The fourth-order valence-corrected chi connectivity index (χ4v) is 1.19. The Morgan fingerprint density at radius 3 is 1.93 bits per heavy atom. The number of thiazole rings is 1. The monoisotopic (exact) mass is 223 g/mol. The van der Waals surface area contributed by atoms with Crippen LogP contribution in [0.5, 0.6) is 0 Å². The summed E-state index contributed by atoms with van der Waals surface area (Å²) in [7, 11) is 0. The molecule has 82 valence electrons. The summed E-state index contributed by atoms with van der Waals surface area (Å²) in [6.07, 6.45) is 5.06. The summed E-state index contributed by atoms with van der Waals surface area (Å²) < 4.78 is 0. The Kier molecular flexibility index (Phi) is 8.47. The predicted molar refractivity (Wildman–Crippen MR) is 65.0 cm³/mol. The Bertz CT molecular complexity index is 319. The molecule has 0 N–H and O–H groups in total. The van der Waals surface area contributed by atoms with E-state index in [1.165, 1.54) is 0 Å². The van der Waals surface area contributed by atoms with Gasteiger partial charge in [0.25, 0.3) is 0 Å². The van der Waals surface area contributed by atoms with Crippen LogP contribution >= 0.6 is 11.3 Å². The van der Waals surface area contributed by atoms with Crippen molar-refractivity contribution in [2.24, 2.45) is 0 Å². The fourth-order valence-electron chi connectivity index (χ4n) is 0.647. The van der Waals surface area contributed by atoms with Crippen LogP contribution in [0.25, 0.3) is 0 Å². The van der Waals surface area contributed by atoms with Crippen LogP contribution in [0.3, 0.4) is 0 Å². The lowest BCUT2D eigenvalue weighted by molar-refractivity contribution is 1.12. The molecule has 4 heteroatoms. The first-order chi connectivity index (χ1) is 7.29. The van der Waals surface area contributed by atoms with Crippen molar-refractivity contribution in [3.05, 3.63) is 40.9 Å². The molecule has 0 bridgehead atoms. The van der Waals surface area contributed by atoms with Gasteiger partial charge in [0.2, 0.25) is 0 Å². The Morgan fingerprint density at radius 2 is 1.73 bits per heavy atom. The van der Waals surface area contributed by atoms with Crippen molar-refractivity contribution in [2.75, 3.05) is 0 Å². The van der Waals surface area contributed by atoms with Gasteiger partial charge in [-0.3, -0.25) is 15.0 Å². The van der Waals surface area contributed by atoms with Gasteiger partial charge in [0.05, 0.1) is 11.2 Å². The van der Waals surface area contributed by atoms with Crippen LogP contribution in [0.1, 0.15) is 25.2 Å². The molecule has 0 radical (unpaired) electrons. The van der Waals surface area contributed by atoms with Crippen LogP contribution in [0, 0.1) is 13.8 Å². The van der Waals surface area contributed by atoms with Gasteiger partial charge in [-0.2, -0.15) is 0 Å². The molecule has 0 aliphatic carbocycles. The quantitative estimate of drug-likeness (QED) is 0.688. The molecule has 2 aromatic heterocycles. The molecule has 15 heavy (non-hydrogen) atoms. The maximum Gasteiger partial charge on any atom is 0.0794 e. The highest BCUT2D eigenvalue weighted by molar-refractivity contribution is 7.07. The van der Waals surface area contributed by atoms with Crippen molar-refractivity contribution in [3.63, 3.8) is 0 Å². The van der Waals surface area contributed by atoms with Gasteiger partial charge >= 0.3 is 0 Å². The van der Waals surface area contributed by atoms with Gasteiger partial charge in [0, 0.05) is 29.7 Å². The SMILES string of the molecule is CC.Cc1cnccn1.Cc1cscn1. The molecule has 0 unspecified atom stereocenters. The van der Waals surface area contributed by atoms with Crippen molar-refractivity contribution >= 4 is 11.3 Å². The number of hydrogen-bond donors (Lipinski definition) is 0. The molecule has 2 aromatic rings. The second-order valence-electron chi connectivity index (χ2n) is 2.48. The molecule has 2 rings (SSSR count). The molecule has 3 nitrogen and oxygen atoms in total. The molecular formula is C11H17N3S. The first-order valence-corrected chi connectivity index (χ1v) is 5.80. The molecule has 2 heterocycles. The Balaban J connectivity index is 0.000000227. The van der Waals surface area contributed by atoms with Crippen molar-refractivity contribution in [2.45, 2.75) is 27.7 Å². The van der Waals surface area contributed by atoms with E-state index in [2.05, 4.69) is 15.0 Å². The van der Waals surface area contributed by atoms with E-state index in [4.69, 9.17) is 0 Å². The number of rotatable bonds is 0. The third-order valence-corrected chi connectivity index (χ3v) is 1.95. The standard InChI is InChI=1S/C5H6N2.C4H5NS.C2H6/c1-5-4-6-2-3-7-5;1-4-2-6-3-5-4;1-2/h2-4H,1H3;2-3H,1H3;1-2H3. The topological polar surface area (TPSA) is 38.7 Å². The van der Waals surface area contributed by atoms with Crippen molar-refractivity contribution in [3.8, 4) is 0 Å². The number of aryl methyl sites for hydroxylation is 2. The average molecular weight is 223 g/mol. The van der Waals surface area contributed by atoms with E-state index in [1.807, 2.05) is 38.6 Å². The van der Waals surface area contributed by atoms with Gasteiger partial charge in [-0.1, -0.05) is 13.8 Å². The lowest BCUT2D eigenvalue weighted by Crippen LogP contribution is -1.77. The lowest BCUT2D eigenvalue weighted by Gasteiger charge is -1.81. The molecule has 0 amide bonds. The summed E-state index contributed by atoms with van der Waals surface area (Å²) in [5, 5.41) is 2.01. The van der Waals surface area contributed by atoms with Gasteiger partial charge in [-0.25, -0.2) is 0 Å². The zero-order valence-electron chi connectivity index (χ0n) is 9.64. The Labute approximate surface area is 95.3 Å².